The minimum atomic E-state index is -0.425. The zero-order valence-corrected chi connectivity index (χ0v) is 10.2. The van der Waals surface area contributed by atoms with Crippen LogP contribution < -0.4 is 4.90 Å². The summed E-state index contributed by atoms with van der Waals surface area (Å²) in [6.45, 7) is 1.76. The number of rotatable bonds is 3. The number of hydrogen-bond donors (Lipinski definition) is 1. The van der Waals surface area contributed by atoms with E-state index in [9.17, 15) is 9.90 Å². The predicted octanol–water partition coefficient (Wildman–Crippen LogP) is 1.21. The van der Waals surface area contributed by atoms with E-state index in [1.54, 1.807) is 38.2 Å². The van der Waals surface area contributed by atoms with Crippen molar-refractivity contribution in [2.75, 3.05) is 11.9 Å². The summed E-state index contributed by atoms with van der Waals surface area (Å²) in [5.74, 6) is 0.0649. The normalized spacial score (nSPS) is 12.1. The summed E-state index contributed by atoms with van der Waals surface area (Å²) in [6, 6.07) is 6.02. The van der Waals surface area contributed by atoms with E-state index in [1.807, 2.05) is 0 Å². The second kappa shape index (κ2) is 4.87. The van der Waals surface area contributed by atoms with Gasteiger partial charge < -0.3 is 10.0 Å². The Balaban J connectivity index is 2.16. The summed E-state index contributed by atoms with van der Waals surface area (Å²) in [5.41, 5.74) is 0.713. The van der Waals surface area contributed by atoms with Crippen molar-refractivity contribution >= 4 is 11.6 Å². The SMILES string of the molecule is CC(C(=O)N(C)c1ccc(O)cc1)n1cncn1. The molecule has 6 heteroatoms. The first kappa shape index (κ1) is 12.1. The highest BCUT2D eigenvalue weighted by molar-refractivity contribution is 5.95. The number of likely N-dealkylation sites (N-methyl/N-ethyl adjacent to an activating group) is 1. The van der Waals surface area contributed by atoms with Gasteiger partial charge in [0.2, 0.25) is 0 Å². The first-order valence-corrected chi connectivity index (χ1v) is 5.50. The highest BCUT2D eigenvalue weighted by Gasteiger charge is 2.20. The van der Waals surface area contributed by atoms with Gasteiger partial charge in [-0.05, 0) is 31.2 Å². The number of nitrogens with zero attached hydrogens (tertiary/aromatic N) is 4. The molecule has 0 radical (unpaired) electrons. The molecule has 6 nitrogen and oxygen atoms in total. The van der Waals surface area contributed by atoms with Crippen LogP contribution in [0.5, 0.6) is 5.75 Å². The molecule has 18 heavy (non-hydrogen) atoms. The lowest BCUT2D eigenvalue weighted by molar-refractivity contribution is -0.121. The Kier molecular flexibility index (Phi) is 3.27. The van der Waals surface area contributed by atoms with Gasteiger partial charge in [-0.25, -0.2) is 9.67 Å². The second-order valence-electron chi connectivity index (χ2n) is 3.97. The smallest absolute Gasteiger partial charge is 0.251 e. The molecule has 1 aromatic heterocycles. The fourth-order valence-corrected chi connectivity index (χ4v) is 1.61. The van der Waals surface area contributed by atoms with Gasteiger partial charge in [0.1, 0.15) is 24.4 Å². The first-order chi connectivity index (χ1) is 8.59. The standard InChI is InChI=1S/C12H14N4O2/c1-9(16-8-13-7-14-16)12(18)15(2)10-3-5-11(17)6-4-10/h3-9,17H,1-2H3. The van der Waals surface area contributed by atoms with Crippen LogP contribution in [0.25, 0.3) is 0 Å². The predicted molar refractivity (Wildman–Crippen MR) is 66.2 cm³/mol. The molecule has 0 aliphatic rings. The zero-order chi connectivity index (χ0) is 13.1. The molecule has 1 heterocycles. The van der Waals surface area contributed by atoms with Crippen molar-refractivity contribution in [3.05, 3.63) is 36.9 Å². The molecule has 0 bridgehead atoms. The van der Waals surface area contributed by atoms with Crippen LogP contribution >= 0.6 is 0 Å². The Morgan fingerprint density at radius 1 is 1.39 bits per heavy atom. The van der Waals surface area contributed by atoms with Crippen LogP contribution in [0.3, 0.4) is 0 Å². The van der Waals surface area contributed by atoms with E-state index in [0.29, 0.717) is 5.69 Å². The average molecular weight is 246 g/mol. The van der Waals surface area contributed by atoms with Crippen molar-refractivity contribution in [1.29, 1.82) is 0 Å². The van der Waals surface area contributed by atoms with E-state index in [1.165, 1.54) is 22.2 Å². The monoisotopic (exact) mass is 246 g/mol. The Hall–Kier alpha value is -2.37. The molecule has 1 aromatic carbocycles. The summed E-state index contributed by atoms with van der Waals surface area (Å²) in [5, 5.41) is 13.2. The highest BCUT2D eigenvalue weighted by atomic mass is 16.3. The van der Waals surface area contributed by atoms with Gasteiger partial charge in [0.05, 0.1) is 0 Å². The van der Waals surface area contributed by atoms with Gasteiger partial charge in [-0.1, -0.05) is 0 Å². The zero-order valence-electron chi connectivity index (χ0n) is 10.2. The van der Waals surface area contributed by atoms with E-state index in [4.69, 9.17) is 0 Å². The molecule has 0 aliphatic heterocycles. The molecule has 0 fully saturated rings. The van der Waals surface area contributed by atoms with E-state index in [0.717, 1.165) is 0 Å². The Morgan fingerprint density at radius 2 is 2.06 bits per heavy atom. The van der Waals surface area contributed by atoms with E-state index < -0.39 is 6.04 Å². The van der Waals surface area contributed by atoms with E-state index in [-0.39, 0.29) is 11.7 Å². The van der Waals surface area contributed by atoms with Crippen LogP contribution in [0, 0.1) is 0 Å². The number of aromatic hydroxyl groups is 1. The molecule has 1 N–H and O–H groups in total. The number of anilines is 1. The lowest BCUT2D eigenvalue weighted by Crippen LogP contribution is -2.33. The minimum Gasteiger partial charge on any atom is -0.508 e. The molecule has 0 saturated heterocycles. The number of amides is 1. The van der Waals surface area contributed by atoms with E-state index in [2.05, 4.69) is 10.1 Å². The number of phenolic OH excluding ortho intramolecular Hbond substituents is 1. The van der Waals surface area contributed by atoms with Gasteiger partial charge in [0, 0.05) is 12.7 Å². The van der Waals surface area contributed by atoms with Crippen LogP contribution in [-0.4, -0.2) is 32.8 Å². The summed E-state index contributed by atoms with van der Waals surface area (Å²) >= 11 is 0. The fraction of sp³-hybridized carbons (Fsp3) is 0.250. The molecular weight excluding hydrogens is 232 g/mol. The molecule has 2 aromatic rings. The highest BCUT2D eigenvalue weighted by Crippen LogP contribution is 2.19. The van der Waals surface area contributed by atoms with Crippen molar-refractivity contribution < 1.29 is 9.90 Å². The van der Waals surface area contributed by atoms with Crippen LogP contribution in [0.15, 0.2) is 36.9 Å². The Labute approximate surface area is 104 Å². The third-order valence-corrected chi connectivity index (χ3v) is 2.76. The molecule has 1 unspecified atom stereocenters. The number of carbonyl (C=O) groups excluding carboxylic acids is 1. The van der Waals surface area contributed by atoms with Gasteiger partial charge in [-0.3, -0.25) is 4.79 Å². The molecule has 1 amide bonds. The topological polar surface area (TPSA) is 71.2 Å². The van der Waals surface area contributed by atoms with Gasteiger partial charge in [0.15, 0.2) is 0 Å². The lowest BCUT2D eigenvalue weighted by atomic mass is 10.2. The third kappa shape index (κ3) is 2.32. The van der Waals surface area contributed by atoms with Crippen LogP contribution in [0.4, 0.5) is 5.69 Å². The number of phenols is 1. The van der Waals surface area contributed by atoms with Crippen molar-refractivity contribution in [3.63, 3.8) is 0 Å². The summed E-state index contributed by atoms with van der Waals surface area (Å²) in [4.78, 5) is 17.5. The maximum absolute atomic E-state index is 12.2. The van der Waals surface area contributed by atoms with Crippen molar-refractivity contribution in [1.82, 2.24) is 14.8 Å². The maximum atomic E-state index is 12.2. The quantitative estimate of drug-likeness (QED) is 0.883. The molecule has 94 valence electrons. The van der Waals surface area contributed by atoms with Crippen molar-refractivity contribution in [3.8, 4) is 5.75 Å². The van der Waals surface area contributed by atoms with Gasteiger partial charge in [-0.15, -0.1) is 0 Å². The largest absolute Gasteiger partial charge is 0.508 e. The number of aromatic nitrogens is 3. The van der Waals surface area contributed by atoms with Crippen LogP contribution in [0.1, 0.15) is 13.0 Å². The Morgan fingerprint density at radius 3 is 2.61 bits per heavy atom. The second-order valence-corrected chi connectivity index (χ2v) is 3.97. The first-order valence-electron chi connectivity index (χ1n) is 5.50. The summed E-state index contributed by atoms with van der Waals surface area (Å²) in [6.07, 6.45) is 2.90. The van der Waals surface area contributed by atoms with Gasteiger partial charge >= 0.3 is 0 Å². The number of carbonyl (C=O) groups is 1. The van der Waals surface area contributed by atoms with Crippen molar-refractivity contribution in [2.45, 2.75) is 13.0 Å². The summed E-state index contributed by atoms with van der Waals surface area (Å²) < 4.78 is 1.50. The van der Waals surface area contributed by atoms with Crippen LogP contribution in [0.2, 0.25) is 0 Å². The van der Waals surface area contributed by atoms with Gasteiger partial charge in [0.25, 0.3) is 5.91 Å². The van der Waals surface area contributed by atoms with Gasteiger partial charge in [-0.2, -0.15) is 5.10 Å². The maximum Gasteiger partial charge on any atom is 0.251 e. The lowest BCUT2D eigenvalue weighted by Gasteiger charge is -2.21. The molecule has 2 rings (SSSR count). The molecular formula is C12H14N4O2. The van der Waals surface area contributed by atoms with E-state index >= 15 is 0 Å². The molecule has 1 atom stereocenters. The number of benzene rings is 1. The summed E-state index contributed by atoms with van der Waals surface area (Å²) in [7, 11) is 1.68. The fourth-order valence-electron chi connectivity index (χ4n) is 1.61. The van der Waals surface area contributed by atoms with Crippen LogP contribution in [-0.2, 0) is 4.79 Å². The number of hydrogen-bond acceptors (Lipinski definition) is 4. The third-order valence-electron chi connectivity index (χ3n) is 2.76. The van der Waals surface area contributed by atoms with Crippen molar-refractivity contribution in [2.24, 2.45) is 0 Å². The minimum absolute atomic E-state index is 0.105. The average Bonchev–Trinajstić information content (AvgIpc) is 2.91. The molecule has 0 saturated carbocycles. The molecule has 0 spiro atoms. The molecule has 0 aliphatic carbocycles. The Bertz CT molecular complexity index is 522.